The third kappa shape index (κ3) is 11.6. The summed E-state index contributed by atoms with van der Waals surface area (Å²) in [5, 5.41) is 27.2. The molecule has 1 saturated heterocycles. The van der Waals surface area contributed by atoms with Gasteiger partial charge in [0.05, 0.1) is 29.0 Å². The number of benzene rings is 3. The summed E-state index contributed by atoms with van der Waals surface area (Å²) in [5.74, 6) is 1.35. The number of carbonyl (C=O) groups is 3. The van der Waals surface area contributed by atoms with Crippen molar-refractivity contribution in [3.8, 4) is 5.75 Å². The maximum atomic E-state index is 13.6. The largest absolute Gasteiger partial charge is 0.497 e. The summed E-state index contributed by atoms with van der Waals surface area (Å²) in [6.45, 7) is 3.24. The van der Waals surface area contributed by atoms with E-state index in [2.05, 4.69) is 17.2 Å². The van der Waals surface area contributed by atoms with Gasteiger partial charge in [0, 0.05) is 48.4 Å². The van der Waals surface area contributed by atoms with Gasteiger partial charge in [0.15, 0.2) is 0 Å². The summed E-state index contributed by atoms with van der Waals surface area (Å²) in [5.41, 5.74) is 1.89. The molecule has 2 N–H and O–H groups in total. The van der Waals surface area contributed by atoms with Crippen LogP contribution in [0.5, 0.6) is 5.75 Å². The molecule has 0 aromatic heterocycles. The molecular formula is C34H37N5O11S. The number of alkyl carbamates (subject to hydrolysis) is 2. The SMILES string of the molecule is C=CCOC(=O)NC(CNC(=O)OCc1ccc([N+](=O)[O-])cc1)[C@@H]1C[C@H](SCc2ccc(OC)cc2)CN1C(=O)OCc1ccc([N+](=O)[O-])cc1. The van der Waals surface area contributed by atoms with Crippen LogP contribution in [0.25, 0.3) is 0 Å². The predicted molar refractivity (Wildman–Crippen MR) is 186 cm³/mol. The van der Waals surface area contributed by atoms with Crippen molar-refractivity contribution in [2.45, 2.75) is 42.7 Å². The van der Waals surface area contributed by atoms with Crippen molar-refractivity contribution in [2.24, 2.45) is 0 Å². The minimum Gasteiger partial charge on any atom is -0.497 e. The molecule has 4 rings (SSSR count). The number of methoxy groups -OCH3 is 1. The van der Waals surface area contributed by atoms with Gasteiger partial charge in [0.25, 0.3) is 11.4 Å². The van der Waals surface area contributed by atoms with Crippen LogP contribution in [0.2, 0.25) is 0 Å². The number of carbonyl (C=O) groups excluding carboxylic acids is 3. The number of likely N-dealkylation sites (tertiary alicyclic amines) is 1. The van der Waals surface area contributed by atoms with E-state index < -0.39 is 40.2 Å². The van der Waals surface area contributed by atoms with Crippen LogP contribution < -0.4 is 15.4 Å². The zero-order chi connectivity index (χ0) is 36.8. The quantitative estimate of drug-likeness (QED) is 0.0788. The number of hydrogen-bond acceptors (Lipinski definition) is 12. The molecule has 0 bridgehead atoms. The molecule has 3 atom stereocenters. The first-order valence-corrected chi connectivity index (χ1v) is 16.7. The van der Waals surface area contributed by atoms with E-state index in [1.165, 1.54) is 59.5 Å². The molecule has 1 fully saturated rings. The first-order chi connectivity index (χ1) is 24.6. The lowest BCUT2D eigenvalue weighted by Gasteiger charge is -2.31. The van der Waals surface area contributed by atoms with E-state index >= 15 is 0 Å². The zero-order valence-electron chi connectivity index (χ0n) is 27.6. The van der Waals surface area contributed by atoms with Gasteiger partial charge in [-0.05, 0) is 59.5 Å². The fraction of sp³-hybridized carbons (Fsp3) is 0.324. The number of rotatable bonds is 16. The van der Waals surface area contributed by atoms with Gasteiger partial charge in [-0.15, -0.1) is 0 Å². The van der Waals surface area contributed by atoms with Crippen LogP contribution in [0.3, 0.4) is 0 Å². The highest BCUT2D eigenvalue weighted by Gasteiger charge is 2.42. The van der Waals surface area contributed by atoms with Gasteiger partial charge in [-0.3, -0.25) is 20.2 Å². The molecule has 1 heterocycles. The maximum Gasteiger partial charge on any atom is 0.410 e. The van der Waals surface area contributed by atoms with Crippen LogP contribution in [-0.4, -0.2) is 77.2 Å². The van der Waals surface area contributed by atoms with Crippen molar-refractivity contribution >= 4 is 41.4 Å². The van der Waals surface area contributed by atoms with E-state index in [9.17, 15) is 34.6 Å². The lowest BCUT2D eigenvalue weighted by atomic mass is 10.1. The Bertz CT molecular complexity index is 1670. The van der Waals surface area contributed by atoms with Gasteiger partial charge in [-0.25, -0.2) is 14.4 Å². The molecular weight excluding hydrogens is 686 g/mol. The number of ether oxygens (including phenoxy) is 4. The Morgan fingerprint density at radius 3 is 2.00 bits per heavy atom. The summed E-state index contributed by atoms with van der Waals surface area (Å²) < 4.78 is 21.3. The second-order valence-electron chi connectivity index (χ2n) is 11.2. The van der Waals surface area contributed by atoms with Crippen molar-refractivity contribution in [1.29, 1.82) is 0 Å². The zero-order valence-corrected chi connectivity index (χ0v) is 28.5. The molecule has 1 aliphatic rings. The highest BCUT2D eigenvalue weighted by molar-refractivity contribution is 7.99. The van der Waals surface area contributed by atoms with Gasteiger partial charge in [0.1, 0.15) is 25.6 Å². The minimum absolute atomic E-state index is 0.0741. The summed E-state index contributed by atoms with van der Waals surface area (Å²) in [6, 6.07) is 17.2. The van der Waals surface area contributed by atoms with Crippen LogP contribution in [0.4, 0.5) is 25.8 Å². The standard InChI is InChI=1S/C34H37N5O11S/c1-3-16-48-33(41)36-30(18-35-32(40)49-20-23-4-10-26(11-5-23)38(43)44)31-17-29(51-22-25-8-14-28(47-2)15-9-25)19-37(31)34(42)50-21-24-6-12-27(13-7-24)39(45)46/h3-15,29-31H,1,16-22H2,2H3,(H,35,40)(H,36,41)/t29-,30?,31-/m0/s1. The molecule has 0 aliphatic carbocycles. The van der Waals surface area contributed by atoms with Crippen LogP contribution in [0.1, 0.15) is 23.1 Å². The van der Waals surface area contributed by atoms with Crippen molar-refractivity contribution in [3.63, 3.8) is 0 Å². The number of nitro groups is 2. The normalized spacial score (nSPS) is 15.6. The number of non-ortho nitro benzene ring substituents is 2. The Morgan fingerprint density at radius 2 is 1.45 bits per heavy atom. The number of nitro benzene ring substituents is 2. The van der Waals surface area contributed by atoms with Crippen molar-refractivity contribution in [2.75, 3.05) is 26.8 Å². The second-order valence-corrected chi connectivity index (χ2v) is 12.5. The van der Waals surface area contributed by atoms with E-state index in [-0.39, 0.29) is 49.5 Å². The third-order valence-corrected chi connectivity index (χ3v) is 9.09. The topological polar surface area (TPSA) is 202 Å². The lowest BCUT2D eigenvalue weighted by Crippen LogP contribution is -2.55. The van der Waals surface area contributed by atoms with Gasteiger partial charge in [-0.2, -0.15) is 11.8 Å². The summed E-state index contributed by atoms with van der Waals surface area (Å²) >= 11 is 1.61. The molecule has 17 heteroatoms. The van der Waals surface area contributed by atoms with E-state index in [1.807, 2.05) is 24.3 Å². The number of nitrogens with zero attached hydrogens (tertiary/aromatic N) is 3. The van der Waals surface area contributed by atoms with Crippen LogP contribution in [0, 0.1) is 20.2 Å². The average molecular weight is 724 g/mol. The van der Waals surface area contributed by atoms with Crippen LogP contribution in [0.15, 0.2) is 85.5 Å². The Labute approximate surface area is 297 Å². The Morgan fingerprint density at radius 1 is 0.882 bits per heavy atom. The minimum atomic E-state index is -0.854. The molecule has 1 unspecified atom stereocenters. The Kier molecular flexibility index (Phi) is 14.0. The number of amides is 3. The number of hydrogen-bond donors (Lipinski definition) is 2. The molecule has 16 nitrogen and oxygen atoms in total. The second kappa shape index (κ2) is 18.8. The fourth-order valence-electron chi connectivity index (χ4n) is 5.13. The Balaban J connectivity index is 1.47. The smallest absolute Gasteiger partial charge is 0.410 e. The number of thioether (sulfide) groups is 1. The lowest BCUT2D eigenvalue weighted by molar-refractivity contribution is -0.385. The highest BCUT2D eigenvalue weighted by Crippen LogP contribution is 2.32. The van der Waals surface area contributed by atoms with Crippen molar-refractivity contribution in [1.82, 2.24) is 15.5 Å². The summed E-state index contributed by atoms with van der Waals surface area (Å²) in [6.07, 6.45) is -0.492. The first-order valence-electron chi connectivity index (χ1n) is 15.7. The van der Waals surface area contributed by atoms with Crippen LogP contribution in [-0.2, 0) is 33.2 Å². The van der Waals surface area contributed by atoms with Gasteiger partial charge in [0.2, 0.25) is 0 Å². The van der Waals surface area contributed by atoms with E-state index in [1.54, 1.807) is 18.9 Å². The molecule has 3 aromatic rings. The molecule has 0 spiro atoms. The summed E-state index contributed by atoms with van der Waals surface area (Å²) in [7, 11) is 1.59. The first kappa shape index (κ1) is 38.0. The molecule has 270 valence electrons. The van der Waals surface area contributed by atoms with Crippen LogP contribution >= 0.6 is 11.8 Å². The fourth-order valence-corrected chi connectivity index (χ4v) is 6.35. The van der Waals surface area contributed by atoms with Crippen molar-refractivity contribution < 1.29 is 43.2 Å². The monoisotopic (exact) mass is 723 g/mol. The molecule has 3 amide bonds. The molecule has 51 heavy (non-hydrogen) atoms. The molecule has 0 radical (unpaired) electrons. The van der Waals surface area contributed by atoms with Gasteiger partial charge < -0.3 is 34.5 Å². The predicted octanol–water partition coefficient (Wildman–Crippen LogP) is 5.73. The van der Waals surface area contributed by atoms with Gasteiger partial charge in [-0.1, -0.05) is 24.8 Å². The Hall–Kier alpha value is -5.84. The highest BCUT2D eigenvalue weighted by atomic mass is 32.2. The third-order valence-electron chi connectivity index (χ3n) is 7.78. The molecule has 3 aromatic carbocycles. The average Bonchev–Trinajstić information content (AvgIpc) is 3.57. The molecule has 1 aliphatic heterocycles. The van der Waals surface area contributed by atoms with E-state index in [0.717, 1.165) is 11.3 Å². The molecule has 0 saturated carbocycles. The van der Waals surface area contributed by atoms with E-state index in [0.29, 0.717) is 23.3 Å². The number of nitrogens with one attached hydrogen (secondary N) is 2. The van der Waals surface area contributed by atoms with Gasteiger partial charge >= 0.3 is 18.3 Å². The van der Waals surface area contributed by atoms with E-state index in [4.69, 9.17) is 18.9 Å². The van der Waals surface area contributed by atoms with Crippen molar-refractivity contribution in [3.05, 3.63) is 122 Å². The maximum absolute atomic E-state index is 13.6. The summed E-state index contributed by atoms with van der Waals surface area (Å²) in [4.78, 5) is 61.4.